The molecule has 1 fully saturated rings. The van der Waals surface area contributed by atoms with E-state index in [2.05, 4.69) is 5.10 Å². The Morgan fingerprint density at radius 2 is 1.98 bits per heavy atom. The molecule has 0 saturated carbocycles. The quantitative estimate of drug-likeness (QED) is 0.228. The van der Waals surface area contributed by atoms with E-state index in [-0.39, 0.29) is 32.5 Å². The van der Waals surface area contributed by atoms with E-state index in [1.54, 1.807) is 4.68 Å². The van der Waals surface area contributed by atoms with E-state index < -0.39 is 5.97 Å². The lowest BCUT2D eigenvalue weighted by Gasteiger charge is -2.23. The number of rotatable bonds is 12. The van der Waals surface area contributed by atoms with E-state index in [0.717, 1.165) is 64.9 Å². The number of carbonyl (C=O) groups is 1. The minimum atomic E-state index is -0.447. The third-order valence-corrected chi connectivity index (χ3v) is 8.56. The lowest BCUT2D eigenvalue weighted by Crippen LogP contribution is -2.26. The van der Waals surface area contributed by atoms with E-state index in [4.69, 9.17) is 30.9 Å². The topological polar surface area (TPSA) is 126 Å². The van der Waals surface area contributed by atoms with Crippen molar-refractivity contribution >= 4 is 28.5 Å². The highest BCUT2D eigenvalue weighted by molar-refractivity contribution is 6.35. The van der Waals surface area contributed by atoms with Crippen LogP contribution in [0.2, 0.25) is 5.02 Å². The lowest BCUT2D eigenvalue weighted by molar-refractivity contribution is 0.00278. The van der Waals surface area contributed by atoms with Crippen LogP contribution < -0.4 is 0 Å². The first kappa shape index (κ1) is 31.2. The first-order valence-corrected chi connectivity index (χ1v) is 15.0. The van der Waals surface area contributed by atoms with Gasteiger partial charge in [0.15, 0.2) is 0 Å². The number of hydrogen-bond donors (Lipinski definition) is 2. The number of aliphatic hydroxyl groups is 2. The standard InChI is InChI=1S/C31H40ClN5O6/c1-19-27(28-25(32)11-10-24-23(9-7-12-38)30(31(40)41-4)35(2)29(24)28)26(34-36(19)3)18-42-17-20-14-21(16-39)37(33-20)15-22-8-5-6-13-43-22/h10-11,14,22,38-39H,5-9,12-13,15-18H2,1-4H3. The molecule has 1 unspecified atom stereocenters. The van der Waals surface area contributed by atoms with Gasteiger partial charge in [-0.3, -0.25) is 9.36 Å². The number of aromatic nitrogens is 5. The van der Waals surface area contributed by atoms with E-state index in [0.29, 0.717) is 41.5 Å². The molecule has 12 heteroatoms. The molecule has 2 N–H and O–H groups in total. The second kappa shape index (κ2) is 13.6. The molecular weight excluding hydrogens is 574 g/mol. The van der Waals surface area contributed by atoms with Crippen LogP contribution in [-0.4, -0.2) is 66.7 Å². The van der Waals surface area contributed by atoms with Crippen molar-refractivity contribution in [2.75, 3.05) is 20.3 Å². The van der Waals surface area contributed by atoms with Crippen molar-refractivity contribution in [2.24, 2.45) is 14.1 Å². The van der Waals surface area contributed by atoms with Crippen molar-refractivity contribution in [3.63, 3.8) is 0 Å². The number of esters is 1. The highest BCUT2D eigenvalue weighted by Gasteiger charge is 2.28. The number of benzene rings is 1. The molecule has 0 radical (unpaired) electrons. The summed E-state index contributed by atoms with van der Waals surface area (Å²) in [6.07, 6.45) is 4.32. The molecule has 3 aromatic heterocycles. The van der Waals surface area contributed by atoms with Gasteiger partial charge >= 0.3 is 5.97 Å². The SMILES string of the molecule is COC(=O)c1c(CCCO)c2ccc(Cl)c(-c3c(COCc4cc(CO)n(CC5CCCCO5)n4)nn(C)c3C)c2n1C. The summed E-state index contributed by atoms with van der Waals surface area (Å²) in [5.74, 6) is -0.447. The van der Waals surface area contributed by atoms with Crippen molar-refractivity contribution < 1.29 is 29.2 Å². The van der Waals surface area contributed by atoms with Gasteiger partial charge in [0.05, 0.1) is 67.2 Å². The normalized spacial score (nSPS) is 15.5. The first-order chi connectivity index (χ1) is 20.8. The van der Waals surface area contributed by atoms with Crippen LogP contribution >= 0.6 is 11.6 Å². The van der Waals surface area contributed by atoms with Crippen LogP contribution in [0.25, 0.3) is 22.0 Å². The van der Waals surface area contributed by atoms with Crippen LogP contribution in [0.4, 0.5) is 0 Å². The molecule has 4 aromatic rings. The molecule has 1 aliphatic rings. The third-order valence-electron chi connectivity index (χ3n) is 8.24. The molecule has 0 bridgehead atoms. The number of aliphatic hydroxyl groups excluding tert-OH is 2. The van der Waals surface area contributed by atoms with Gasteiger partial charge < -0.3 is 29.0 Å². The van der Waals surface area contributed by atoms with Crippen LogP contribution in [0.1, 0.15) is 64.5 Å². The van der Waals surface area contributed by atoms with Crippen LogP contribution in [0, 0.1) is 6.92 Å². The molecular formula is C31H40ClN5O6. The number of halogens is 1. The zero-order valence-corrected chi connectivity index (χ0v) is 26.0. The Morgan fingerprint density at radius 1 is 1.16 bits per heavy atom. The summed E-state index contributed by atoms with van der Waals surface area (Å²) in [4.78, 5) is 12.9. The predicted molar refractivity (Wildman–Crippen MR) is 162 cm³/mol. The molecule has 43 heavy (non-hydrogen) atoms. The van der Waals surface area contributed by atoms with Gasteiger partial charge in [0.2, 0.25) is 0 Å². The molecule has 4 heterocycles. The molecule has 0 spiro atoms. The summed E-state index contributed by atoms with van der Waals surface area (Å²) in [7, 11) is 5.06. The Morgan fingerprint density at radius 3 is 2.67 bits per heavy atom. The van der Waals surface area contributed by atoms with Gasteiger partial charge in [-0.2, -0.15) is 10.2 Å². The van der Waals surface area contributed by atoms with Gasteiger partial charge in [0.25, 0.3) is 0 Å². The molecule has 0 amide bonds. The van der Waals surface area contributed by atoms with Crippen LogP contribution in [0.15, 0.2) is 18.2 Å². The Bertz CT molecular complexity index is 1600. The van der Waals surface area contributed by atoms with Crippen LogP contribution in [0.3, 0.4) is 0 Å². The number of methoxy groups -OCH3 is 1. The van der Waals surface area contributed by atoms with Gasteiger partial charge in [-0.25, -0.2) is 4.79 Å². The maximum Gasteiger partial charge on any atom is 0.354 e. The van der Waals surface area contributed by atoms with Gasteiger partial charge in [0.1, 0.15) is 5.69 Å². The Labute approximate surface area is 255 Å². The van der Waals surface area contributed by atoms with Crippen LogP contribution in [-0.2, 0) is 61.1 Å². The number of carbonyl (C=O) groups excluding carboxylic acids is 1. The fourth-order valence-electron chi connectivity index (χ4n) is 6.07. The van der Waals surface area contributed by atoms with Gasteiger partial charge in [-0.15, -0.1) is 0 Å². The largest absolute Gasteiger partial charge is 0.464 e. The average Bonchev–Trinajstić information content (AvgIpc) is 3.62. The number of fused-ring (bicyclic) bond motifs is 1. The average molecular weight is 614 g/mol. The van der Waals surface area contributed by atoms with Gasteiger partial charge in [-0.05, 0) is 56.7 Å². The molecule has 1 saturated heterocycles. The number of aryl methyl sites for hydroxylation is 3. The maximum absolute atomic E-state index is 12.9. The van der Waals surface area contributed by atoms with Gasteiger partial charge in [0, 0.05) is 49.5 Å². The Hall–Kier alpha value is -3.22. The van der Waals surface area contributed by atoms with Crippen molar-refractivity contribution in [3.05, 3.63) is 57.3 Å². The van der Waals surface area contributed by atoms with Crippen molar-refractivity contribution in [1.82, 2.24) is 24.1 Å². The van der Waals surface area contributed by atoms with Crippen molar-refractivity contribution in [2.45, 2.75) is 71.5 Å². The Balaban J connectivity index is 1.46. The molecule has 1 aliphatic heterocycles. The minimum absolute atomic E-state index is 0.00699. The number of ether oxygens (including phenoxy) is 3. The molecule has 1 aromatic carbocycles. The zero-order valence-electron chi connectivity index (χ0n) is 25.2. The fourth-order valence-corrected chi connectivity index (χ4v) is 6.32. The number of hydrogen-bond acceptors (Lipinski definition) is 8. The maximum atomic E-state index is 12.9. The summed E-state index contributed by atoms with van der Waals surface area (Å²) in [5.41, 5.74) is 6.65. The van der Waals surface area contributed by atoms with E-state index in [1.807, 2.05) is 48.5 Å². The second-order valence-corrected chi connectivity index (χ2v) is 11.4. The summed E-state index contributed by atoms with van der Waals surface area (Å²) in [6.45, 7) is 3.66. The smallest absolute Gasteiger partial charge is 0.354 e. The molecule has 5 rings (SSSR count). The highest BCUT2D eigenvalue weighted by Crippen LogP contribution is 2.42. The molecule has 0 aliphatic carbocycles. The second-order valence-electron chi connectivity index (χ2n) is 11.0. The lowest BCUT2D eigenvalue weighted by atomic mass is 9.98. The van der Waals surface area contributed by atoms with Crippen molar-refractivity contribution in [1.29, 1.82) is 0 Å². The summed E-state index contributed by atoms with van der Waals surface area (Å²) >= 11 is 6.89. The third kappa shape index (κ3) is 6.23. The van der Waals surface area contributed by atoms with E-state index >= 15 is 0 Å². The molecule has 232 valence electrons. The summed E-state index contributed by atoms with van der Waals surface area (Å²) in [5, 5.41) is 30.3. The monoisotopic (exact) mass is 613 g/mol. The summed E-state index contributed by atoms with van der Waals surface area (Å²) in [6, 6.07) is 5.60. The first-order valence-electron chi connectivity index (χ1n) is 14.7. The predicted octanol–water partition coefficient (Wildman–Crippen LogP) is 4.23. The van der Waals surface area contributed by atoms with Crippen molar-refractivity contribution in [3.8, 4) is 11.1 Å². The van der Waals surface area contributed by atoms with E-state index in [1.165, 1.54) is 7.11 Å². The molecule has 1 atom stereocenters. The van der Waals surface area contributed by atoms with Crippen LogP contribution in [0.5, 0.6) is 0 Å². The van der Waals surface area contributed by atoms with E-state index in [9.17, 15) is 15.0 Å². The minimum Gasteiger partial charge on any atom is -0.464 e. The molecule has 11 nitrogen and oxygen atoms in total. The summed E-state index contributed by atoms with van der Waals surface area (Å²) < 4.78 is 22.6. The fraction of sp³-hybridized carbons (Fsp3) is 0.516. The Kier molecular flexibility index (Phi) is 9.88. The zero-order chi connectivity index (χ0) is 30.7. The van der Waals surface area contributed by atoms with Gasteiger partial charge in [-0.1, -0.05) is 17.7 Å². The highest BCUT2D eigenvalue weighted by atomic mass is 35.5. The number of nitrogens with zero attached hydrogens (tertiary/aromatic N) is 5.